The van der Waals surface area contributed by atoms with E-state index in [0.717, 1.165) is 18.4 Å². The fourth-order valence-electron chi connectivity index (χ4n) is 3.41. The van der Waals surface area contributed by atoms with Gasteiger partial charge in [-0.25, -0.2) is 0 Å². The molecule has 0 aliphatic carbocycles. The van der Waals surface area contributed by atoms with Gasteiger partial charge < -0.3 is 9.80 Å². The zero-order valence-corrected chi connectivity index (χ0v) is 15.2. The van der Waals surface area contributed by atoms with Crippen LogP contribution in [-0.2, 0) is 11.3 Å². The van der Waals surface area contributed by atoms with Gasteiger partial charge in [0, 0.05) is 44.5 Å². The molecule has 1 fully saturated rings. The number of likely N-dealkylation sites (tertiary alicyclic amines) is 1. The number of carbonyl (C=O) groups excluding carboxylic acids is 2. The molecule has 1 saturated heterocycles. The minimum atomic E-state index is -0.00314. The van der Waals surface area contributed by atoms with Crippen LogP contribution in [0.15, 0.2) is 54.9 Å². The number of carbonyl (C=O) groups is 2. The summed E-state index contributed by atoms with van der Waals surface area (Å²) < 4.78 is 0. The summed E-state index contributed by atoms with van der Waals surface area (Å²) in [5.41, 5.74) is 1.75. The summed E-state index contributed by atoms with van der Waals surface area (Å²) in [5.74, 6) is 0.196. The van der Waals surface area contributed by atoms with Crippen molar-refractivity contribution < 1.29 is 9.59 Å². The van der Waals surface area contributed by atoms with Crippen molar-refractivity contribution in [2.75, 3.05) is 19.6 Å². The van der Waals surface area contributed by atoms with E-state index in [1.165, 1.54) is 0 Å². The van der Waals surface area contributed by atoms with Crippen LogP contribution in [0.5, 0.6) is 0 Å². The van der Waals surface area contributed by atoms with E-state index in [1.54, 1.807) is 24.5 Å². The van der Waals surface area contributed by atoms with Crippen LogP contribution in [-0.4, -0.2) is 46.2 Å². The molecule has 0 saturated carbocycles. The standard InChI is InChI=1S/C21H25N3O2/c1-2-23(16-17-7-4-3-5-8-17)20(25)18-10-13-24(14-11-18)21(26)19-9-6-12-22-15-19/h3-9,12,15,18H,2,10-11,13-14,16H2,1H3. The summed E-state index contributed by atoms with van der Waals surface area (Å²) in [5, 5.41) is 0. The first-order valence-corrected chi connectivity index (χ1v) is 9.21. The Labute approximate surface area is 154 Å². The molecular formula is C21H25N3O2. The molecule has 5 nitrogen and oxygen atoms in total. The molecule has 2 amide bonds. The second-order valence-electron chi connectivity index (χ2n) is 6.65. The third kappa shape index (κ3) is 4.28. The van der Waals surface area contributed by atoms with Crippen LogP contribution in [0.4, 0.5) is 0 Å². The van der Waals surface area contributed by atoms with E-state index in [2.05, 4.69) is 4.98 Å². The first kappa shape index (κ1) is 18.1. The van der Waals surface area contributed by atoms with Crippen molar-refractivity contribution in [2.45, 2.75) is 26.3 Å². The van der Waals surface area contributed by atoms with E-state index in [-0.39, 0.29) is 17.7 Å². The Morgan fingerprint density at radius 3 is 2.46 bits per heavy atom. The minimum Gasteiger partial charge on any atom is -0.339 e. The molecule has 0 unspecified atom stereocenters. The summed E-state index contributed by atoms with van der Waals surface area (Å²) in [6, 6.07) is 13.6. The number of hydrogen-bond acceptors (Lipinski definition) is 3. The molecule has 3 rings (SSSR count). The number of rotatable bonds is 5. The van der Waals surface area contributed by atoms with E-state index in [9.17, 15) is 9.59 Å². The Balaban J connectivity index is 1.56. The Bertz CT molecular complexity index is 725. The average molecular weight is 351 g/mol. The van der Waals surface area contributed by atoms with Crippen molar-refractivity contribution in [3.63, 3.8) is 0 Å². The largest absolute Gasteiger partial charge is 0.339 e. The monoisotopic (exact) mass is 351 g/mol. The molecule has 1 aliphatic heterocycles. The number of aromatic nitrogens is 1. The lowest BCUT2D eigenvalue weighted by Gasteiger charge is -2.34. The maximum atomic E-state index is 12.9. The number of benzene rings is 1. The van der Waals surface area contributed by atoms with E-state index in [4.69, 9.17) is 0 Å². The van der Waals surface area contributed by atoms with E-state index in [1.807, 2.05) is 47.1 Å². The van der Waals surface area contributed by atoms with Gasteiger partial charge in [0.2, 0.25) is 5.91 Å². The van der Waals surface area contributed by atoms with Crippen molar-refractivity contribution in [3.05, 3.63) is 66.0 Å². The average Bonchev–Trinajstić information content (AvgIpc) is 2.72. The second-order valence-corrected chi connectivity index (χ2v) is 6.65. The maximum Gasteiger partial charge on any atom is 0.255 e. The third-order valence-electron chi connectivity index (χ3n) is 4.95. The van der Waals surface area contributed by atoms with E-state index < -0.39 is 0 Å². The number of piperidine rings is 1. The number of nitrogens with zero attached hydrogens (tertiary/aromatic N) is 3. The highest BCUT2D eigenvalue weighted by atomic mass is 16.2. The molecule has 1 aliphatic rings. The highest BCUT2D eigenvalue weighted by Crippen LogP contribution is 2.22. The first-order valence-electron chi connectivity index (χ1n) is 9.21. The minimum absolute atomic E-state index is 0.000585. The van der Waals surface area contributed by atoms with Gasteiger partial charge in [-0.2, -0.15) is 0 Å². The van der Waals surface area contributed by atoms with Crippen LogP contribution < -0.4 is 0 Å². The molecular weight excluding hydrogens is 326 g/mol. The van der Waals surface area contributed by atoms with Crippen molar-refractivity contribution in [3.8, 4) is 0 Å². The molecule has 26 heavy (non-hydrogen) atoms. The Kier molecular flexibility index (Phi) is 6.00. The van der Waals surface area contributed by atoms with Gasteiger partial charge in [0.1, 0.15) is 0 Å². The summed E-state index contributed by atoms with van der Waals surface area (Å²) in [6.07, 6.45) is 4.69. The number of amides is 2. The lowest BCUT2D eigenvalue weighted by molar-refractivity contribution is -0.137. The summed E-state index contributed by atoms with van der Waals surface area (Å²) in [4.78, 5) is 33.1. The van der Waals surface area contributed by atoms with Gasteiger partial charge in [0.15, 0.2) is 0 Å². The summed E-state index contributed by atoms with van der Waals surface area (Å²) in [6.45, 7) is 4.59. The molecule has 1 aromatic carbocycles. The van der Waals surface area contributed by atoms with Gasteiger partial charge in [-0.05, 0) is 37.5 Å². The van der Waals surface area contributed by atoms with Gasteiger partial charge in [0.25, 0.3) is 5.91 Å². The van der Waals surface area contributed by atoms with Crippen LogP contribution in [0.1, 0.15) is 35.7 Å². The Morgan fingerprint density at radius 2 is 1.85 bits per heavy atom. The van der Waals surface area contributed by atoms with Crippen LogP contribution in [0.3, 0.4) is 0 Å². The zero-order chi connectivity index (χ0) is 18.4. The number of hydrogen-bond donors (Lipinski definition) is 0. The lowest BCUT2D eigenvalue weighted by Crippen LogP contribution is -2.44. The van der Waals surface area contributed by atoms with Gasteiger partial charge >= 0.3 is 0 Å². The van der Waals surface area contributed by atoms with Crippen molar-refractivity contribution in [1.29, 1.82) is 0 Å². The van der Waals surface area contributed by atoms with E-state index in [0.29, 0.717) is 31.7 Å². The van der Waals surface area contributed by atoms with Crippen LogP contribution in [0.2, 0.25) is 0 Å². The highest BCUT2D eigenvalue weighted by molar-refractivity contribution is 5.94. The molecule has 1 aromatic heterocycles. The highest BCUT2D eigenvalue weighted by Gasteiger charge is 2.30. The molecule has 0 radical (unpaired) electrons. The van der Waals surface area contributed by atoms with Crippen molar-refractivity contribution in [2.24, 2.45) is 5.92 Å². The van der Waals surface area contributed by atoms with E-state index >= 15 is 0 Å². The van der Waals surface area contributed by atoms with Gasteiger partial charge in [-0.15, -0.1) is 0 Å². The normalized spacial score (nSPS) is 14.9. The molecule has 5 heteroatoms. The van der Waals surface area contributed by atoms with Gasteiger partial charge in [-0.3, -0.25) is 14.6 Å². The van der Waals surface area contributed by atoms with Crippen LogP contribution in [0.25, 0.3) is 0 Å². The molecule has 0 N–H and O–H groups in total. The summed E-state index contributed by atoms with van der Waals surface area (Å²) >= 11 is 0. The first-order chi connectivity index (χ1) is 12.7. The smallest absolute Gasteiger partial charge is 0.255 e. The molecule has 2 heterocycles. The fraction of sp³-hybridized carbons (Fsp3) is 0.381. The molecule has 0 spiro atoms. The SMILES string of the molecule is CCN(Cc1ccccc1)C(=O)C1CCN(C(=O)c2cccnc2)CC1. The van der Waals surface area contributed by atoms with Crippen molar-refractivity contribution >= 4 is 11.8 Å². The topological polar surface area (TPSA) is 53.5 Å². The quantitative estimate of drug-likeness (QED) is 0.832. The third-order valence-corrected chi connectivity index (χ3v) is 4.95. The Morgan fingerprint density at radius 1 is 1.12 bits per heavy atom. The maximum absolute atomic E-state index is 12.9. The lowest BCUT2D eigenvalue weighted by atomic mass is 9.94. The Hall–Kier alpha value is -2.69. The predicted octanol–water partition coefficient (Wildman–Crippen LogP) is 2.98. The second kappa shape index (κ2) is 8.61. The fourth-order valence-corrected chi connectivity index (χ4v) is 3.41. The number of pyridine rings is 1. The zero-order valence-electron chi connectivity index (χ0n) is 15.2. The summed E-state index contributed by atoms with van der Waals surface area (Å²) in [7, 11) is 0. The van der Waals surface area contributed by atoms with Crippen LogP contribution >= 0.6 is 0 Å². The van der Waals surface area contributed by atoms with Gasteiger partial charge in [0.05, 0.1) is 5.56 Å². The van der Waals surface area contributed by atoms with Crippen molar-refractivity contribution in [1.82, 2.24) is 14.8 Å². The molecule has 136 valence electrons. The van der Waals surface area contributed by atoms with Crippen LogP contribution in [0, 0.1) is 5.92 Å². The molecule has 0 atom stereocenters. The molecule has 2 aromatic rings. The molecule has 0 bridgehead atoms. The van der Waals surface area contributed by atoms with Gasteiger partial charge in [-0.1, -0.05) is 30.3 Å². The predicted molar refractivity (Wildman–Crippen MR) is 100 cm³/mol.